The molecule has 0 bridgehead atoms. The van der Waals surface area contributed by atoms with Crippen LogP contribution in [0.3, 0.4) is 0 Å². The van der Waals surface area contributed by atoms with Crippen molar-refractivity contribution in [1.29, 1.82) is 0 Å². The third-order valence-corrected chi connectivity index (χ3v) is 5.44. The predicted molar refractivity (Wildman–Crippen MR) is 109 cm³/mol. The second-order valence-electron chi connectivity index (χ2n) is 6.44. The summed E-state index contributed by atoms with van der Waals surface area (Å²) >= 11 is 12.6. The van der Waals surface area contributed by atoms with Crippen molar-refractivity contribution in [3.63, 3.8) is 0 Å². The van der Waals surface area contributed by atoms with E-state index >= 15 is 0 Å². The van der Waals surface area contributed by atoms with Crippen LogP contribution in [0.25, 0.3) is 54.6 Å². The molecule has 0 saturated carbocycles. The van der Waals surface area contributed by atoms with Crippen LogP contribution < -0.4 is 0 Å². The van der Waals surface area contributed by atoms with Crippen LogP contribution in [0.2, 0.25) is 10.0 Å². The number of fused-ring (bicyclic) bond motifs is 10. The standard InChI is InChI=1S/C22H10Cl2O2/c23-11-5-7-17-15(9-11)19-20-16-10-12(24)6-8-18(16)26-22(20)14-4-2-1-3-13(14)21(19)25-17/h1-10H. The van der Waals surface area contributed by atoms with Gasteiger partial charge in [-0.3, -0.25) is 0 Å². The van der Waals surface area contributed by atoms with Crippen LogP contribution in [0.5, 0.6) is 0 Å². The summed E-state index contributed by atoms with van der Waals surface area (Å²) in [6.07, 6.45) is 0. The molecule has 124 valence electrons. The maximum absolute atomic E-state index is 6.28. The molecule has 0 aliphatic heterocycles. The summed E-state index contributed by atoms with van der Waals surface area (Å²) in [6.45, 7) is 0. The van der Waals surface area contributed by atoms with Gasteiger partial charge in [0.05, 0.1) is 0 Å². The van der Waals surface area contributed by atoms with E-state index in [9.17, 15) is 0 Å². The molecular weight excluding hydrogens is 367 g/mol. The van der Waals surface area contributed by atoms with Gasteiger partial charge >= 0.3 is 0 Å². The van der Waals surface area contributed by atoms with Gasteiger partial charge in [0, 0.05) is 42.4 Å². The second-order valence-corrected chi connectivity index (χ2v) is 7.31. The highest BCUT2D eigenvalue weighted by Crippen LogP contribution is 2.45. The Kier molecular flexibility index (Phi) is 2.75. The van der Waals surface area contributed by atoms with Crippen LogP contribution in [0.4, 0.5) is 0 Å². The monoisotopic (exact) mass is 376 g/mol. The van der Waals surface area contributed by atoms with Gasteiger partial charge in [0.15, 0.2) is 0 Å². The van der Waals surface area contributed by atoms with Crippen LogP contribution in [0, 0.1) is 0 Å². The molecule has 2 aromatic heterocycles. The lowest BCUT2D eigenvalue weighted by Crippen LogP contribution is -1.77. The Labute approximate surface area is 157 Å². The van der Waals surface area contributed by atoms with Crippen molar-refractivity contribution < 1.29 is 8.83 Å². The highest BCUT2D eigenvalue weighted by atomic mass is 35.5. The third-order valence-electron chi connectivity index (χ3n) is 4.97. The average Bonchev–Trinajstić information content (AvgIpc) is 3.20. The number of rotatable bonds is 0. The molecule has 0 radical (unpaired) electrons. The first kappa shape index (κ1) is 14.5. The average molecular weight is 377 g/mol. The smallest absolute Gasteiger partial charge is 0.144 e. The highest BCUT2D eigenvalue weighted by Gasteiger charge is 2.20. The van der Waals surface area contributed by atoms with Gasteiger partial charge < -0.3 is 8.83 Å². The SMILES string of the molecule is Clc1ccc2oc3c4ccccc4c4oc5ccc(Cl)cc5c4c3c2c1. The van der Waals surface area contributed by atoms with Gasteiger partial charge in [-0.25, -0.2) is 0 Å². The van der Waals surface area contributed by atoms with Gasteiger partial charge in [-0.1, -0.05) is 47.5 Å². The second kappa shape index (κ2) is 4.94. The van der Waals surface area contributed by atoms with Crippen molar-refractivity contribution in [2.24, 2.45) is 0 Å². The minimum atomic E-state index is 0.673. The molecule has 2 nitrogen and oxygen atoms in total. The summed E-state index contributed by atoms with van der Waals surface area (Å²) in [5, 5.41) is 7.37. The first-order valence-electron chi connectivity index (χ1n) is 8.25. The molecule has 0 aliphatic carbocycles. The summed E-state index contributed by atoms with van der Waals surface area (Å²) in [7, 11) is 0. The molecule has 0 N–H and O–H groups in total. The Morgan fingerprint density at radius 2 is 1.00 bits per heavy atom. The van der Waals surface area contributed by atoms with Crippen LogP contribution in [0.15, 0.2) is 69.5 Å². The molecule has 0 fully saturated rings. The molecule has 0 amide bonds. The number of hydrogen-bond donors (Lipinski definition) is 0. The number of halogens is 2. The van der Waals surface area contributed by atoms with Crippen molar-refractivity contribution >= 4 is 77.9 Å². The zero-order valence-corrected chi connectivity index (χ0v) is 14.9. The molecule has 0 saturated heterocycles. The van der Waals surface area contributed by atoms with Crippen molar-refractivity contribution in [3.8, 4) is 0 Å². The quantitative estimate of drug-likeness (QED) is 0.268. The highest BCUT2D eigenvalue weighted by molar-refractivity contribution is 6.37. The van der Waals surface area contributed by atoms with Crippen molar-refractivity contribution in [1.82, 2.24) is 0 Å². The van der Waals surface area contributed by atoms with Gasteiger partial charge in [0.25, 0.3) is 0 Å². The van der Waals surface area contributed by atoms with E-state index in [1.165, 1.54) is 0 Å². The summed E-state index contributed by atoms with van der Waals surface area (Å²) in [5.41, 5.74) is 3.29. The van der Waals surface area contributed by atoms with E-state index in [1.807, 2.05) is 48.5 Å². The molecule has 0 unspecified atom stereocenters. The number of furan rings is 2. The minimum absolute atomic E-state index is 0.673. The molecular formula is C22H10Cl2O2. The van der Waals surface area contributed by atoms with Crippen LogP contribution in [-0.2, 0) is 0 Å². The van der Waals surface area contributed by atoms with Gasteiger partial charge in [-0.2, -0.15) is 0 Å². The largest absolute Gasteiger partial charge is 0.455 e. The molecule has 0 atom stereocenters. The fraction of sp³-hybridized carbons (Fsp3) is 0. The maximum atomic E-state index is 6.28. The van der Waals surface area contributed by atoms with E-state index in [-0.39, 0.29) is 0 Å². The summed E-state index contributed by atoms with van der Waals surface area (Å²) in [6, 6.07) is 19.5. The van der Waals surface area contributed by atoms with Crippen molar-refractivity contribution in [3.05, 3.63) is 70.7 Å². The molecule has 26 heavy (non-hydrogen) atoms. The Bertz CT molecular complexity index is 1390. The Morgan fingerprint density at radius 3 is 1.46 bits per heavy atom. The Hall–Kier alpha value is -2.68. The van der Waals surface area contributed by atoms with Gasteiger partial charge in [0.2, 0.25) is 0 Å². The first-order chi connectivity index (χ1) is 12.7. The normalized spacial score (nSPS) is 12.2. The lowest BCUT2D eigenvalue weighted by atomic mass is 10.00. The zero-order valence-electron chi connectivity index (χ0n) is 13.3. The molecule has 6 aromatic rings. The van der Waals surface area contributed by atoms with E-state index in [0.29, 0.717) is 10.0 Å². The lowest BCUT2D eigenvalue weighted by molar-refractivity contribution is 0.668. The van der Waals surface area contributed by atoms with E-state index in [0.717, 1.165) is 54.6 Å². The van der Waals surface area contributed by atoms with E-state index in [1.54, 1.807) is 0 Å². The molecule has 0 spiro atoms. The van der Waals surface area contributed by atoms with E-state index in [4.69, 9.17) is 32.0 Å². The fourth-order valence-electron chi connectivity index (χ4n) is 3.89. The first-order valence-corrected chi connectivity index (χ1v) is 9.00. The fourth-order valence-corrected chi connectivity index (χ4v) is 4.24. The minimum Gasteiger partial charge on any atom is -0.455 e. The topological polar surface area (TPSA) is 26.3 Å². The molecule has 2 heterocycles. The maximum Gasteiger partial charge on any atom is 0.144 e. The summed E-state index contributed by atoms with van der Waals surface area (Å²) < 4.78 is 12.5. The number of hydrogen-bond acceptors (Lipinski definition) is 2. The summed E-state index contributed by atoms with van der Waals surface area (Å²) in [4.78, 5) is 0. The Morgan fingerprint density at radius 1 is 0.538 bits per heavy atom. The predicted octanol–water partition coefficient (Wildman–Crippen LogP) is 7.95. The van der Waals surface area contributed by atoms with Gasteiger partial charge in [-0.15, -0.1) is 0 Å². The Balaban J connectivity index is 2.06. The molecule has 4 aromatic carbocycles. The van der Waals surface area contributed by atoms with Crippen molar-refractivity contribution in [2.45, 2.75) is 0 Å². The van der Waals surface area contributed by atoms with Crippen molar-refractivity contribution in [2.75, 3.05) is 0 Å². The van der Waals surface area contributed by atoms with Crippen LogP contribution >= 0.6 is 23.2 Å². The molecule has 6 rings (SSSR count). The van der Waals surface area contributed by atoms with Crippen LogP contribution in [0.1, 0.15) is 0 Å². The third kappa shape index (κ3) is 1.78. The lowest BCUT2D eigenvalue weighted by Gasteiger charge is -2.01. The van der Waals surface area contributed by atoms with Gasteiger partial charge in [0.1, 0.15) is 22.3 Å². The van der Waals surface area contributed by atoms with E-state index in [2.05, 4.69) is 12.1 Å². The van der Waals surface area contributed by atoms with E-state index < -0.39 is 0 Å². The molecule has 4 heteroatoms. The van der Waals surface area contributed by atoms with Crippen LogP contribution in [-0.4, -0.2) is 0 Å². The zero-order chi connectivity index (χ0) is 17.4. The summed E-state index contributed by atoms with van der Waals surface area (Å²) in [5.74, 6) is 0. The van der Waals surface area contributed by atoms with Gasteiger partial charge in [-0.05, 0) is 36.4 Å². The molecule has 0 aliphatic rings. The number of benzene rings is 4.